The number of benzene rings is 1. The van der Waals surface area contributed by atoms with Gasteiger partial charge in [-0.15, -0.1) is 0 Å². The van der Waals surface area contributed by atoms with Gasteiger partial charge in [0.25, 0.3) is 0 Å². The van der Waals surface area contributed by atoms with Crippen LogP contribution in [0.2, 0.25) is 0 Å². The molecule has 0 unspecified atom stereocenters. The maximum atomic E-state index is 12.5. The lowest BCUT2D eigenvalue weighted by atomic mass is 10.1. The van der Waals surface area contributed by atoms with Crippen molar-refractivity contribution in [2.45, 2.75) is 47.5 Å². The molecule has 0 bridgehead atoms. The lowest BCUT2D eigenvalue weighted by Gasteiger charge is -2.13. The normalized spacial score (nSPS) is 11.2. The van der Waals surface area contributed by atoms with E-state index in [0.29, 0.717) is 0 Å². The van der Waals surface area contributed by atoms with Gasteiger partial charge in [-0.25, -0.2) is 4.79 Å². The fourth-order valence-corrected chi connectivity index (χ4v) is 2.74. The van der Waals surface area contributed by atoms with Gasteiger partial charge in [0, 0.05) is 13.8 Å². The predicted molar refractivity (Wildman–Crippen MR) is 113 cm³/mol. The maximum absolute atomic E-state index is 12.5. The van der Waals surface area contributed by atoms with Gasteiger partial charge in [0.2, 0.25) is 5.75 Å². The molecule has 0 aliphatic rings. The van der Waals surface area contributed by atoms with Crippen LogP contribution < -0.4 is 19.8 Å². The fraction of sp³-hybridized carbons (Fsp3) is 0.348. The molecular weight excluding hydrogens is 388 g/mol. The number of carbonyl (C=O) groups excluding carboxylic acids is 2. The van der Waals surface area contributed by atoms with E-state index < -0.39 is 17.6 Å². The zero-order chi connectivity index (χ0) is 22.3. The Morgan fingerprint density at radius 1 is 0.967 bits per heavy atom. The van der Waals surface area contributed by atoms with Crippen molar-refractivity contribution in [1.29, 1.82) is 0 Å². The highest BCUT2D eigenvalue weighted by Crippen LogP contribution is 2.39. The molecule has 30 heavy (non-hydrogen) atoms. The molecule has 160 valence electrons. The number of esters is 2. The smallest absolute Gasteiger partial charge is 0.383 e. The van der Waals surface area contributed by atoms with Gasteiger partial charge in [0.1, 0.15) is 23.3 Å². The molecule has 7 nitrogen and oxygen atoms in total. The van der Waals surface area contributed by atoms with E-state index in [1.807, 2.05) is 26.8 Å². The first-order chi connectivity index (χ1) is 14.2. The average molecular weight is 414 g/mol. The molecule has 0 spiro atoms. The second-order valence-corrected chi connectivity index (χ2v) is 7.05. The third-order valence-electron chi connectivity index (χ3n) is 4.06. The number of carbonyl (C=O) groups is 2. The SMILES string of the molecule is CC(=O)Oc1cccc2oc(=O)c(OC/C=C(\C)CCC=C(C)C)c(OC(C)=O)c12. The molecule has 0 N–H and O–H groups in total. The van der Waals surface area contributed by atoms with Crippen LogP contribution in [-0.4, -0.2) is 18.5 Å². The minimum atomic E-state index is -0.797. The lowest BCUT2D eigenvalue weighted by molar-refractivity contribution is -0.132. The molecule has 0 saturated carbocycles. The van der Waals surface area contributed by atoms with E-state index in [4.69, 9.17) is 18.6 Å². The van der Waals surface area contributed by atoms with Crippen molar-refractivity contribution in [3.8, 4) is 17.2 Å². The van der Waals surface area contributed by atoms with E-state index in [2.05, 4.69) is 6.08 Å². The summed E-state index contributed by atoms with van der Waals surface area (Å²) in [7, 11) is 0. The van der Waals surface area contributed by atoms with Gasteiger partial charge in [-0.2, -0.15) is 0 Å². The third kappa shape index (κ3) is 6.34. The molecular formula is C23H26O7. The van der Waals surface area contributed by atoms with Gasteiger partial charge in [-0.3, -0.25) is 9.59 Å². The Bertz CT molecular complexity index is 1050. The third-order valence-corrected chi connectivity index (χ3v) is 4.06. The highest BCUT2D eigenvalue weighted by Gasteiger charge is 2.23. The zero-order valence-corrected chi connectivity index (χ0v) is 17.9. The van der Waals surface area contributed by atoms with Crippen molar-refractivity contribution in [3.05, 3.63) is 51.9 Å². The molecule has 0 amide bonds. The van der Waals surface area contributed by atoms with Crippen LogP contribution >= 0.6 is 0 Å². The van der Waals surface area contributed by atoms with E-state index in [9.17, 15) is 14.4 Å². The Kier molecular flexibility index (Phi) is 7.98. The minimum absolute atomic E-state index is 0.0842. The van der Waals surface area contributed by atoms with Crippen molar-refractivity contribution < 1.29 is 28.2 Å². The number of fused-ring (bicyclic) bond motifs is 1. The number of hydrogen-bond donors (Lipinski definition) is 0. The zero-order valence-electron chi connectivity index (χ0n) is 17.9. The Labute approximate surface area is 174 Å². The number of hydrogen-bond acceptors (Lipinski definition) is 7. The predicted octanol–water partition coefficient (Wildman–Crippen LogP) is 4.72. The first-order valence-electron chi connectivity index (χ1n) is 9.57. The van der Waals surface area contributed by atoms with E-state index in [1.165, 1.54) is 31.6 Å². The highest BCUT2D eigenvalue weighted by atomic mass is 16.6. The molecule has 0 fully saturated rings. The van der Waals surface area contributed by atoms with Crippen molar-refractivity contribution >= 4 is 22.9 Å². The number of ether oxygens (including phenoxy) is 3. The number of rotatable bonds is 8. The maximum Gasteiger partial charge on any atom is 0.383 e. The van der Waals surface area contributed by atoms with Gasteiger partial charge in [0.05, 0.1) is 0 Å². The summed E-state index contributed by atoms with van der Waals surface area (Å²) in [6.45, 7) is 8.58. The van der Waals surface area contributed by atoms with Crippen molar-refractivity contribution in [1.82, 2.24) is 0 Å². The Morgan fingerprint density at radius 2 is 1.67 bits per heavy atom. The minimum Gasteiger partial charge on any atom is -0.480 e. The number of allylic oxidation sites excluding steroid dienone is 3. The van der Waals surface area contributed by atoms with Crippen molar-refractivity contribution in [3.63, 3.8) is 0 Å². The van der Waals surface area contributed by atoms with Crippen LogP contribution in [0.1, 0.15) is 47.5 Å². The second kappa shape index (κ2) is 10.4. The standard InChI is InChI=1S/C23H26O7/c1-14(2)8-6-9-15(3)12-13-27-22-21(29-17(5)25)20-18(28-16(4)24)10-7-11-19(20)30-23(22)26/h7-8,10-12H,6,9,13H2,1-5H3/b15-12+. The summed E-state index contributed by atoms with van der Waals surface area (Å²) in [5.74, 6) is -1.53. The largest absolute Gasteiger partial charge is 0.480 e. The molecule has 7 heteroatoms. The van der Waals surface area contributed by atoms with Crippen LogP contribution in [0.5, 0.6) is 17.2 Å². The molecule has 2 rings (SSSR count). The quantitative estimate of drug-likeness (QED) is 0.267. The Morgan fingerprint density at radius 3 is 2.30 bits per heavy atom. The molecule has 0 saturated heterocycles. The van der Waals surface area contributed by atoms with Crippen LogP contribution in [0.3, 0.4) is 0 Å². The van der Waals surface area contributed by atoms with E-state index in [0.717, 1.165) is 18.4 Å². The van der Waals surface area contributed by atoms with Crippen molar-refractivity contribution in [2.75, 3.05) is 6.61 Å². The summed E-state index contributed by atoms with van der Waals surface area (Å²) in [5, 5.41) is 0.168. The molecule has 1 heterocycles. The van der Waals surface area contributed by atoms with Gasteiger partial charge in [-0.05, 0) is 51.8 Å². The Balaban J connectivity index is 2.42. The molecule has 1 aromatic heterocycles. The Hall–Kier alpha value is -3.35. The van der Waals surface area contributed by atoms with E-state index >= 15 is 0 Å². The molecule has 0 aliphatic carbocycles. The first-order valence-corrected chi connectivity index (χ1v) is 9.57. The van der Waals surface area contributed by atoms with E-state index in [1.54, 1.807) is 6.07 Å². The average Bonchev–Trinajstić information content (AvgIpc) is 2.62. The van der Waals surface area contributed by atoms with Crippen LogP contribution in [0.4, 0.5) is 0 Å². The lowest BCUT2D eigenvalue weighted by Crippen LogP contribution is -2.13. The summed E-state index contributed by atoms with van der Waals surface area (Å²) >= 11 is 0. The van der Waals surface area contributed by atoms with Gasteiger partial charge in [0.15, 0.2) is 5.75 Å². The summed E-state index contributed by atoms with van der Waals surface area (Å²) in [6, 6.07) is 4.57. The molecule has 2 aromatic rings. The van der Waals surface area contributed by atoms with Crippen LogP contribution in [-0.2, 0) is 9.59 Å². The second-order valence-electron chi connectivity index (χ2n) is 7.05. The summed E-state index contributed by atoms with van der Waals surface area (Å²) < 4.78 is 21.4. The van der Waals surface area contributed by atoms with Crippen LogP contribution in [0.25, 0.3) is 11.0 Å². The highest BCUT2D eigenvalue weighted by molar-refractivity contribution is 5.94. The van der Waals surface area contributed by atoms with Gasteiger partial charge in [-0.1, -0.05) is 23.3 Å². The first kappa shape index (κ1) is 22.9. The van der Waals surface area contributed by atoms with E-state index in [-0.39, 0.29) is 34.8 Å². The molecule has 0 atom stereocenters. The summed E-state index contributed by atoms with van der Waals surface area (Å²) in [4.78, 5) is 35.6. The van der Waals surface area contributed by atoms with Crippen LogP contribution in [0.15, 0.2) is 50.7 Å². The molecule has 0 aliphatic heterocycles. The summed E-state index contributed by atoms with van der Waals surface area (Å²) in [6.07, 6.45) is 5.75. The van der Waals surface area contributed by atoms with Gasteiger partial charge >= 0.3 is 17.6 Å². The molecule has 0 radical (unpaired) electrons. The van der Waals surface area contributed by atoms with Crippen molar-refractivity contribution in [2.24, 2.45) is 0 Å². The van der Waals surface area contributed by atoms with Gasteiger partial charge < -0.3 is 18.6 Å². The topological polar surface area (TPSA) is 92.0 Å². The van der Waals surface area contributed by atoms with Crippen LogP contribution in [0, 0.1) is 0 Å². The molecule has 1 aromatic carbocycles. The monoisotopic (exact) mass is 414 g/mol. The summed E-state index contributed by atoms with van der Waals surface area (Å²) in [5.41, 5.74) is 1.65. The fourth-order valence-electron chi connectivity index (χ4n) is 2.74.